The Hall–Kier alpha value is -2.66. The van der Waals surface area contributed by atoms with Crippen LogP contribution in [-0.4, -0.2) is 24.6 Å². The Morgan fingerprint density at radius 1 is 1.19 bits per heavy atom. The maximum absolute atomic E-state index is 11.4. The number of ether oxygens (including phenoxy) is 1. The van der Waals surface area contributed by atoms with Gasteiger partial charge in [-0.15, -0.1) is 0 Å². The van der Waals surface area contributed by atoms with Crippen LogP contribution in [-0.2, 0) is 9.53 Å². The van der Waals surface area contributed by atoms with E-state index in [9.17, 15) is 4.79 Å². The number of nitrogens with one attached hydrogen (secondary N) is 1. The highest BCUT2D eigenvalue weighted by Crippen LogP contribution is 2.25. The number of carbonyl (C=O) groups excluding carboxylic acids is 1. The number of aromatic nitrogens is 1. The van der Waals surface area contributed by atoms with Gasteiger partial charge in [0.05, 0.1) is 0 Å². The van der Waals surface area contributed by atoms with Crippen LogP contribution in [0.4, 0.5) is 5.69 Å². The number of hydrogen-bond donors (Lipinski definition) is 1. The molecule has 0 unspecified atom stereocenters. The highest BCUT2D eigenvalue weighted by Gasteiger charge is 2.08. The summed E-state index contributed by atoms with van der Waals surface area (Å²) in [4.78, 5) is 15.8. The lowest BCUT2D eigenvalue weighted by atomic mass is 10.2. The number of methoxy groups -OCH3 is 1. The molecule has 5 heteroatoms. The molecule has 0 aliphatic heterocycles. The number of amides is 1. The molecule has 0 atom stereocenters. The van der Waals surface area contributed by atoms with E-state index in [0.717, 1.165) is 16.7 Å². The molecule has 0 aliphatic carbocycles. The molecule has 0 saturated carbocycles. The molecular weight excluding hydrogens is 268 g/mol. The number of fused-ring (bicyclic) bond motifs is 1. The van der Waals surface area contributed by atoms with Crippen molar-refractivity contribution in [2.45, 2.75) is 0 Å². The Balaban J connectivity index is 1.81. The zero-order valence-electron chi connectivity index (χ0n) is 11.5. The molecule has 1 aromatic heterocycles. The third kappa shape index (κ3) is 2.93. The Labute approximate surface area is 121 Å². The average molecular weight is 282 g/mol. The molecule has 3 aromatic rings. The van der Waals surface area contributed by atoms with Crippen molar-refractivity contribution in [2.75, 3.05) is 19.0 Å². The Kier molecular flexibility index (Phi) is 3.66. The summed E-state index contributed by atoms with van der Waals surface area (Å²) in [5.41, 5.74) is 3.14. The minimum absolute atomic E-state index is 0.0346. The third-order valence-electron chi connectivity index (χ3n) is 2.98. The lowest BCUT2D eigenvalue weighted by Gasteiger charge is -2.04. The van der Waals surface area contributed by atoms with Crippen molar-refractivity contribution in [1.29, 1.82) is 0 Å². The Morgan fingerprint density at radius 3 is 2.67 bits per heavy atom. The molecule has 2 aromatic carbocycles. The largest absolute Gasteiger partial charge is 0.436 e. The molecule has 3 rings (SSSR count). The number of rotatable bonds is 4. The molecule has 106 valence electrons. The molecule has 0 aliphatic rings. The lowest BCUT2D eigenvalue weighted by Crippen LogP contribution is -2.16. The van der Waals surface area contributed by atoms with Crippen LogP contribution in [0.3, 0.4) is 0 Å². The molecule has 0 bridgehead atoms. The fraction of sp³-hybridized carbons (Fsp3) is 0.125. The quantitative estimate of drug-likeness (QED) is 0.798. The van der Waals surface area contributed by atoms with Crippen molar-refractivity contribution < 1.29 is 13.9 Å². The van der Waals surface area contributed by atoms with Gasteiger partial charge in [-0.2, -0.15) is 0 Å². The molecule has 0 saturated heterocycles. The van der Waals surface area contributed by atoms with Gasteiger partial charge in [0, 0.05) is 18.4 Å². The fourth-order valence-electron chi connectivity index (χ4n) is 2.02. The van der Waals surface area contributed by atoms with Gasteiger partial charge in [-0.3, -0.25) is 4.79 Å². The third-order valence-corrected chi connectivity index (χ3v) is 2.98. The van der Waals surface area contributed by atoms with Crippen LogP contribution in [0.2, 0.25) is 0 Å². The summed E-state index contributed by atoms with van der Waals surface area (Å²) in [6.45, 7) is 0.0346. The average Bonchev–Trinajstić information content (AvgIpc) is 2.92. The maximum atomic E-state index is 11.4. The van der Waals surface area contributed by atoms with Crippen LogP contribution in [0, 0.1) is 0 Å². The van der Waals surface area contributed by atoms with Crippen LogP contribution < -0.4 is 5.32 Å². The monoisotopic (exact) mass is 282 g/mol. The first kappa shape index (κ1) is 13.3. The first-order valence-corrected chi connectivity index (χ1v) is 6.51. The minimum atomic E-state index is -0.188. The van der Waals surface area contributed by atoms with Crippen molar-refractivity contribution in [2.24, 2.45) is 0 Å². The summed E-state index contributed by atoms with van der Waals surface area (Å²) in [5, 5.41) is 2.73. The van der Waals surface area contributed by atoms with Gasteiger partial charge in [0.25, 0.3) is 0 Å². The van der Waals surface area contributed by atoms with E-state index >= 15 is 0 Å². The summed E-state index contributed by atoms with van der Waals surface area (Å²) in [6, 6.07) is 14.9. The number of anilines is 1. The Bertz CT molecular complexity index is 730. The summed E-state index contributed by atoms with van der Waals surface area (Å²) < 4.78 is 10.5. The van der Waals surface area contributed by atoms with Crippen LogP contribution >= 0.6 is 0 Å². The van der Waals surface area contributed by atoms with Crippen molar-refractivity contribution in [1.82, 2.24) is 4.98 Å². The van der Waals surface area contributed by atoms with Crippen molar-refractivity contribution in [3.8, 4) is 11.5 Å². The van der Waals surface area contributed by atoms with E-state index in [1.807, 2.05) is 36.4 Å². The maximum Gasteiger partial charge on any atom is 0.250 e. The molecule has 1 heterocycles. The van der Waals surface area contributed by atoms with Gasteiger partial charge in [0.2, 0.25) is 11.8 Å². The summed E-state index contributed by atoms with van der Waals surface area (Å²) in [7, 11) is 1.48. The van der Waals surface area contributed by atoms with Gasteiger partial charge in [0.15, 0.2) is 5.58 Å². The first-order valence-electron chi connectivity index (χ1n) is 6.51. The van der Waals surface area contributed by atoms with E-state index in [1.165, 1.54) is 7.11 Å². The van der Waals surface area contributed by atoms with E-state index < -0.39 is 0 Å². The predicted molar refractivity (Wildman–Crippen MR) is 80.0 cm³/mol. The number of carbonyl (C=O) groups is 1. The zero-order chi connectivity index (χ0) is 14.7. The molecular formula is C16H14N2O3. The number of nitrogens with zero attached hydrogens (tertiary/aromatic N) is 1. The van der Waals surface area contributed by atoms with E-state index in [0.29, 0.717) is 11.6 Å². The van der Waals surface area contributed by atoms with Crippen LogP contribution in [0.1, 0.15) is 0 Å². The van der Waals surface area contributed by atoms with Gasteiger partial charge in [-0.25, -0.2) is 4.98 Å². The predicted octanol–water partition coefficient (Wildman–Crippen LogP) is 3.08. The lowest BCUT2D eigenvalue weighted by molar-refractivity contribution is -0.119. The van der Waals surface area contributed by atoms with Crippen molar-refractivity contribution >= 4 is 22.7 Å². The van der Waals surface area contributed by atoms with Gasteiger partial charge >= 0.3 is 0 Å². The van der Waals surface area contributed by atoms with Crippen LogP contribution in [0.5, 0.6) is 0 Å². The van der Waals surface area contributed by atoms with Gasteiger partial charge in [-0.1, -0.05) is 12.1 Å². The van der Waals surface area contributed by atoms with E-state index in [4.69, 9.17) is 9.15 Å². The molecule has 0 radical (unpaired) electrons. The van der Waals surface area contributed by atoms with Crippen molar-refractivity contribution in [3.63, 3.8) is 0 Å². The summed E-state index contributed by atoms with van der Waals surface area (Å²) in [5.74, 6) is 0.373. The van der Waals surface area contributed by atoms with E-state index in [-0.39, 0.29) is 12.5 Å². The van der Waals surface area contributed by atoms with E-state index in [1.54, 1.807) is 12.1 Å². The minimum Gasteiger partial charge on any atom is -0.436 e. The second-order valence-electron chi connectivity index (χ2n) is 4.55. The molecule has 21 heavy (non-hydrogen) atoms. The number of para-hydroxylation sites is 2. The smallest absolute Gasteiger partial charge is 0.250 e. The van der Waals surface area contributed by atoms with Gasteiger partial charge < -0.3 is 14.5 Å². The second-order valence-corrected chi connectivity index (χ2v) is 4.55. The molecule has 0 fully saturated rings. The fourth-order valence-corrected chi connectivity index (χ4v) is 2.02. The number of benzene rings is 2. The molecule has 0 spiro atoms. The Morgan fingerprint density at radius 2 is 1.95 bits per heavy atom. The first-order chi connectivity index (χ1) is 10.3. The van der Waals surface area contributed by atoms with E-state index in [2.05, 4.69) is 10.3 Å². The van der Waals surface area contributed by atoms with Crippen molar-refractivity contribution in [3.05, 3.63) is 48.5 Å². The van der Waals surface area contributed by atoms with Crippen LogP contribution in [0.25, 0.3) is 22.6 Å². The normalized spacial score (nSPS) is 10.7. The topological polar surface area (TPSA) is 64.4 Å². The second kappa shape index (κ2) is 5.76. The molecule has 1 N–H and O–H groups in total. The van der Waals surface area contributed by atoms with Gasteiger partial charge in [-0.05, 0) is 36.4 Å². The number of oxazole rings is 1. The standard InChI is InChI=1S/C16H14N2O3/c1-20-10-15(19)17-12-8-6-11(7-9-12)16-18-13-4-2-3-5-14(13)21-16/h2-9H,10H2,1H3,(H,17,19). The molecule has 5 nitrogen and oxygen atoms in total. The zero-order valence-corrected chi connectivity index (χ0v) is 11.5. The van der Waals surface area contributed by atoms with Crippen LogP contribution in [0.15, 0.2) is 52.9 Å². The highest BCUT2D eigenvalue weighted by atomic mass is 16.5. The SMILES string of the molecule is COCC(=O)Nc1ccc(-c2nc3ccccc3o2)cc1. The highest BCUT2D eigenvalue weighted by molar-refractivity contribution is 5.91. The van der Waals surface area contributed by atoms with Gasteiger partial charge in [0.1, 0.15) is 12.1 Å². The summed E-state index contributed by atoms with van der Waals surface area (Å²) >= 11 is 0. The molecule has 1 amide bonds. The number of hydrogen-bond acceptors (Lipinski definition) is 4. The summed E-state index contributed by atoms with van der Waals surface area (Å²) in [6.07, 6.45) is 0.